The van der Waals surface area contributed by atoms with Gasteiger partial charge in [0.25, 0.3) is 0 Å². The van der Waals surface area contributed by atoms with E-state index >= 15 is 0 Å². The number of hydrogen-bond donors (Lipinski definition) is 1. The summed E-state index contributed by atoms with van der Waals surface area (Å²) in [6.45, 7) is 0.348. The molecule has 1 aromatic carbocycles. The minimum Gasteiger partial charge on any atom is -0.396 e. The molecular formula is C13H16Cl3NO3S. The fourth-order valence-corrected chi connectivity index (χ4v) is 5.84. The highest BCUT2D eigenvalue weighted by molar-refractivity contribution is 7.89. The Balaban J connectivity index is 2.45. The Morgan fingerprint density at radius 1 is 1.19 bits per heavy atom. The van der Waals surface area contributed by atoms with Gasteiger partial charge >= 0.3 is 0 Å². The number of nitrogens with zero attached hydrogens (tertiary/aromatic N) is 1. The second kappa shape index (κ2) is 7.02. The van der Waals surface area contributed by atoms with Gasteiger partial charge in [-0.05, 0) is 31.4 Å². The third-order valence-corrected chi connectivity index (χ3v) is 6.66. The Hall–Kier alpha value is -0.0400. The van der Waals surface area contributed by atoms with Crippen LogP contribution in [0.3, 0.4) is 0 Å². The van der Waals surface area contributed by atoms with Gasteiger partial charge in [0.15, 0.2) is 0 Å². The highest BCUT2D eigenvalue weighted by Crippen LogP contribution is 2.37. The van der Waals surface area contributed by atoms with Crippen LogP contribution >= 0.6 is 34.8 Å². The molecule has 0 aliphatic carbocycles. The first-order valence-electron chi connectivity index (χ1n) is 6.65. The van der Waals surface area contributed by atoms with Gasteiger partial charge in [-0.25, -0.2) is 8.42 Å². The molecule has 21 heavy (non-hydrogen) atoms. The summed E-state index contributed by atoms with van der Waals surface area (Å²) in [4.78, 5) is -0.111. The van der Waals surface area contributed by atoms with Gasteiger partial charge in [0.2, 0.25) is 10.0 Å². The van der Waals surface area contributed by atoms with Gasteiger partial charge in [-0.3, -0.25) is 0 Å². The van der Waals surface area contributed by atoms with E-state index in [1.807, 2.05) is 0 Å². The van der Waals surface area contributed by atoms with E-state index < -0.39 is 10.0 Å². The van der Waals surface area contributed by atoms with E-state index in [-0.39, 0.29) is 32.6 Å². The fourth-order valence-electron chi connectivity index (χ4n) is 2.62. The average Bonchev–Trinajstić information content (AvgIpc) is 2.37. The van der Waals surface area contributed by atoms with E-state index in [9.17, 15) is 8.42 Å². The number of sulfonamides is 1. The Morgan fingerprint density at radius 2 is 1.81 bits per heavy atom. The highest BCUT2D eigenvalue weighted by Gasteiger charge is 2.35. The molecule has 2 rings (SSSR count). The third kappa shape index (κ3) is 3.66. The molecule has 0 amide bonds. The van der Waals surface area contributed by atoms with Gasteiger partial charge in [-0.15, -0.1) is 0 Å². The summed E-state index contributed by atoms with van der Waals surface area (Å²) in [7, 11) is -3.81. The molecule has 1 aromatic rings. The number of halogens is 3. The van der Waals surface area contributed by atoms with Crippen LogP contribution in [-0.4, -0.2) is 37.0 Å². The van der Waals surface area contributed by atoms with E-state index in [2.05, 4.69) is 0 Å². The maximum atomic E-state index is 12.9. The molecule has 0 bridgehead atoms. The van der Waals surface area contributed by atoms with Gasteiger partial charge in [-0.2, -0.15) is 4.31 Å². The molecule has 1 aliphatic heterocycles. The van der Waals surface area contributed by atoms with Crippen LogP contribution in [0.5, 0.6) is 0 Å². The first kappa shape index (κ1) is 17.3. The molecule has 1 unspecified atom stereocenters. The molecule has 1 N–H and O–H groups in total. The van der Waals surface area contributed by atoms with Crippen molar-refractivity contribution in [2.75, 3.05) is 13.2 Å². The summed E-state index contributed by atoms with van der Waals surface area (Å²) in [6.07, 6.45) is 2.85. The minimum absolute atomic E-state index is 0.0146. The maximum absolute atomic E-state index is 12.9. The molecule has 1 fully saturated rings. The summed E-state index contributed by atoms with van der Waals surface area (Å²) in [5.41, 5.74) is 0. The molecule has 4 nitrogen and oxygen atoms in total. The van der Waals surface area contributed by atoms with Crippen LogP contribution < -0.4 is 0 Å². The van der Waals surface area contributed by atoms with Crippen molar-refractivity contribution in [2.24, 2.45) is 0 Å². The highest BCUT2D eigenvalue weighted by atomic mass is 35.5. The number of aliphatic hydroxyl groups excluding tert-OH is 1. The molecule has 0 radical (unpaired) electrons. The van der Waals surface area contributed by atoms with E-state index in [1.54, 1.807) is 0 Å². The molecule has 0 spiro atoms. The topological polar surface area (TPSA) is 57.6 Å². The third-order valence-electron chi connectivity index (χ3n) is 3.57. The monoisotopic (exact) mass is 371 g/mol. The van der Waals surface area contributed by atoms with Crippen molar-refractivity contribution in [1.29, 1.82) is 0 Å². The molecule has 8 heteroatoms. The zero-order chi connectivity index (χ0) is 15.6. The van der Waals surface area contributed by atoms with Crippen molar-refractivity contribution < 1.29 is 13.5 Å². The molecule has 1 atom stereocenters. The number of piperidine rings is 1. The second-order valence-electron chi connectivity index (χ2n) is 4.98. The lowest BCUT2D eigenvalue weighted by atomic mass is 10.0. The quantitative estimate of drug-likeness (QED) is 0.879. The van der Waals surface area contributed by atoms with E-state index in [0.717, 1.165) is 19.3 Å². The van der Waals surface area contributed by atoms with Crippen LogP contribution in [0, 0.1) is 0 Å². The van der Waals surface area contributed by atoms with Gasteiger partial charge in [0, 0.05) is 24.2 Å². The zero-order valence-electron chi connectivity index (χ0n) is 11.2. The molecule has 0 saturated carbocycles. The predicted octanol–water partition coefficient (Wildman–Crippen LogP) is 3.57. The van der Waals surface area contributed by atoms with E-state index in [4.69, 9.17) is 39.9 Å². The van der Waals surface area contributed by atoms with Crippen LogP contribution in [0.1, 0.15) is 25.7 Å². The SMILES string of the molecule is O=S(=O)(c1c(Cl)cc(Cl)cc1Cl)N1CCCCC1CCO. The zero-order valence-corrected chi connectivity index (χ0v) is 14.3. The van der Waals surface area contributed by atoms with Gasteiger partial charge in [0.05, 0.1) is 10.0 Å². The Labute approximate surface area is 139 Å². The first-order valence-corrected chi connectivity index (χ1v) is 9.22. The largest absolute Gasteiger partial charge is 0.396 e. The van der Waals surface area contributed by atoms with E-state index in [0.29, 0.717) is 13.0 Å². The molecular weight excluding hydrogens is 357 g/mol. The van der Waals surface area contributed by atoms with Gasteiger partial charge in [-0.1, -0.05) is 41.2 Å². The van der Waals surface area contributed by atoms with Crippen molar-refractivity contribution in [3.63, 3.8) is 0 Å². The summed E-state index contributed by atoms with van der Waals surface area (Å²) < 4.78 is 27.1. The Morgan fingerprint density at radius 3 is 2.38 bits per heavy atom. The molecule has 118 valence electrons. The number of rotatable bonds is 4. The lowest BCUT2D eigenvalue weighted by molar-refractivity contribution is 0.192. The molecule has 1 saturated heterocycles. The molecule has 1 heterocycles. The summed E-state index contributed by atoms with van der Waals surface area (Å²) >= 11 is 17.9. The predicted molar refractivity (Wildman–Crippen MR) is 84.7 cm³/mol. The maximum Gasteiger partial charge on any atom is 0.246 e. The van der Waals surface area contributed by atoms with Crippen LogP contribution in [0.25, 0.3) is 0 Å². The van der Waals surface area contributed by atoms with Crippen molar-refractivity contribution in [3.05, 3.63) is 27.2 Å². The molecule has 1 aliphatic rings. The van der Waals surface area contributed by atoms with Gasteiger partial charge in [0.1, 0.15) is 4.90 Å². The smallest absolute Gasteiger partial charge is 0.246 e. The van der Waals surface area contributed by atoms with Crippen molar-refractivity contribution in [2.45, 2.75) is 36.6 Å². The Bertz CT molecular complexity index is 596. The van der Waals surface area contributed by atoms with Crippen molar-refractivity contribution in [3.8, 4) is 0 Å². The number of benzene rings is 1. The molecule has 0 aromatic heterocycles. The van der Waals surface area contributed by atoms with Gasteiger partial charge < -0.3 is 5.11 Å². The summed E-state index contributed by atoms with van der Waals surface area (Å²) in [5, 5.41) is 9.44. The van der Waals surface area contributed by atoms with Crippen LogP contribution in [-0.2, 0) is 10.0 Å². The van der Waals surface area contributed by atoms with E-state index in [1.165, 1.54) is 16.4 Å². The van der Waals surface area contributed by atoms with Crippen molar-refractivity contribution in [1.82, 2.24) is 4.31 Å². The lowest BCUT2D eigenvalue weighted by Gasteiger charge is -2.34. The minimum atomic E-state index is -3.81. The Kier molecular flexibility index (Phi) is 5.79. The second-order valence-corrected chi connectivity index (χ2v) is 8.05. The number of aliphatic hydroxyl groups is 1. The standard InChI is InChI=1S/C13H16Cl3NO3S/c14-9-7-11(15)13(12(16)8-9)21(19,20)17-5-2-1-3-10(17)4-6-18/h7-8,10,18H,1-6H2. The first-order chi connectivity index (χ1) is 9.87. The summed E-state index contributed by atoms with van der Waals surface area (Å²) in [6, 6.07) is 2.51. The number of hydrogen-bond acceptors (Lipinski definition) is 3. The lowest BCUT2D eigenvalue weighted by Crippen LogP contribution is -2.44. The van der Waals surface area contributed by atoms with Crippen LogP contribution in [0.2, 0.25) is 15.1 Å². The fraction of sp³-hybridized carbons (Fsp3) is 0.538. The van der Waals surface area contributed by atoms with Crippen LogP contribution in [0.4, 0.5) is 0 Å². The van der Waals surface area contributed by atoms with Crippen LogP contribution in [0.15, 0.2) is 17.0 Å². The average molecular weight is 373 g/mol. The normalized spacial score (nSPS) is 20.7. The summed E-state index contributed by atoms with van der Waals surface area (Å²) in [5.74, 6) is 0. The van der Waals surface area contributed by atoms with Crippen molar-refractivity contribution >= 4 is 44.8 Å².